The minimum Gasteiger partial charge on any atom is -0.372 e. The van der Waals surface area contributed by atoms with Crippen molar-refractivity contribution in [3.8, 4) is 11.4 Å². The summed E-state index contributed by atoms with van der Waals surface area (Å²) in [5, 5.41) is 6.90. The topological polar surface area (TPSA) is 84.2 Å². The van der Waals surface area contributed by atoms with Crippen LogP contribution in [0.15, 0.2) is 59.4 Å². The SMILES string of the molecule is CCN(CCCNC(=O)CCc1nc(-c2ccncc2)no1)c1ccccc1. The van der Waals surface area contributed by atoms with Crippen molar-refractivity contribution < 1.29 is 9.32 Å². The molecule has 2 heterocycles. The quantitative estimate of drug-likeness (QED) is 0.545. The van der Waals surface area contributed by atoms with E-state index in [1.807, 2.05) is 30.3 Å². The molecule has 146 valence electrons. The van der Waals surface area contributed by atoms with Crippen molar-refractivity contribution in [1.29, 1.82) is 0 Å². The molecule has 3 aromatic rings. The molecule has 1 amide bonds. The Bertz CT molecular complexity index is 852. The fourth-order valence-corrected chi connectivity index (χ4v) is 2.89. The fraction of sp³-hybridized carbons (Fsp3) is 0.333. The summed E-state index contributed by atoms with van der Waals surface area (Å²) in [6.07, 6.45) is 5.00. The number of amides is 1. The number of hydrogen-bond acceptors (Lipinski definition) is 6. The molecule has 7 nitrogen and oxygen atoms in total. The predicted molar refractivity (Wildman–Crippen MR) is 108 cm³/mol. The Morgan fingerprint density at radius 1 is 1.14 bits per heavy atom. The molecule has 0 aliphatic heterocycles. The Morgan fingerprint density at radius 2 is 1.93 bits per heavy atom. The molecule has 0 fully saturated rings. The van der Waals surface area contributed by atoms with Gasteiger partial charge in [0, 0.05) is 56.1 Å². The maximum Gasteiger partial charge on any atom is 0.227 e. The van der Waals surface area contributed by atoms with Crippen molar-refractivity contribution in [1.82, 2.24) is 20.4 Å². The molecule has 0 unspecified atom stereocenters. The van der Waals surface area contributed by atoms with E-state index < -0.39 is 0 Å². The van der Waals surface area contributed by atoms with Gasteiger partial charge in [-0.15, -0.1) is 0 Å². The van der Waals surface area contributed by atoms with Crippen LogP contribution in [0.2, 0.25) is 0 Å². The average Bonchev–Trinajstić information content (AvgIpc) is 3.23. The lowest BCUT2D eigenvalue weighted by Crippen LogP contribution is -2.30. The zero-order valence-electron chi connectivity index (χ0n) is 16.0. The first-order valence-electron chi connectivity index (χ1n) is 9.56. The number of nitrogens with zero attached hydrogens (tertiary/aromatic N) is 4. The molecule has 1 N–H and O–H groups in total. The first-order valence-corrected chi connectivity index (χ1v) is 9.56. The Labute approximate surface area is 164 Å². The highest BCUT2D eigenvalue weighted by atomic mass is 16.5. The van der Waals surface area contributed by atoms with Gasteiger partial charge in [0.1, 0.15) is 0 Å². The predicted octanol–water partition coefficient (Wildman–Crippen LogP) is 3.10. The summed E-state index contributed by atoms with van der Waals surface area (Å²) in [6, 6.07) is 13.9. The van der Waals surface area contributed by atoms with Crippen LogP contribution in [0, 0.1) is 0 Å². The standard InChI is InChI=1S/C21H25N5O2/c1-2-26(18-7-4-3-5-8-18)16-6-13-23-19(27)9-10-20-24-21(25-28-20)17-11-14-22-15-12-17/h3-5,7-8,11-12,14-15H,2,6,9-10,13,16H2,1H3,(H,23,27). The molecule has 0 radical (unpaired) electrons. The molecule has 28 heavy (non-hydrogen) atoms. The van der Waals surface area contributed by atoms with E-state index in [0.717, 1.165) is 25.1 Å². The summed E-state index contributed by atoms with van der Waals surface area (Å²) in [5.74, 6) is 0.966. The maximum atomic E-state index is 12.1. The first-order chi connectivity index (χ1) is 13.8. The van der Waals surface area contributed by atoms with Gasteiger partial charge in [-0.25, -0.2) is 0 Å². The van der Waals surface area contributed by atoms with Crippen LogP contribution in [0.4, 0.5) is 5.69 Å². The van der Waals surface area contributed by atoms with E-state index >= 15 is 0 Å². The number of carbonyl (C=O) groups is 1. The van der Waals surface area contributed by atoms with Crippen LogP contribution in [0.25, 0.3) is 11.4 Å². The normalized spacial score (nSPS) is 10.6. The van der Waals surface area contributed by atoms with Gasteiger partial charge in [0.15, 0.2) is 0 Å². The van der Waals surface area contributed by atoms with Crippen molar-refractivity contribution in [2.24, 2.45) is 0 Å². The fourth-order valence-electron chi connectivity index (χ4n) is 2.89. The van der Waals surface area contributed by atoms with E-state index in [2.05, 4.69) is 44.4 Å². The monoisotopic (exact) mass is 379 g/mol. The van der Waals surface area contributed by atoms with Crippen LogP contribution in [-0.2, 0) is 11.2 Å². The number of rotatable bonds is 10. The van der Waals surface area contributed by atoms with Crippen LogP contribution in [0.1, 0.15) is 25.7 Å². The number of hydrogen-bond donors (Lipinski definition) is 1. The maximum absolute atomic E-state index is 12.1. The van der Waals surface area contributed by atoms with Crippen LogP contribution < -0.4 is 10.2 Å². The molecule has 0 aliphatic carbocycles. The zero-order chi connectivity index (χ0) is 19.6. The van der Waals surface area contributed by atoms with Gasteiger partial charge in [-0.05, 0) is 37.6 Å². The number of para-hydroxylation sites is 1. The number of pyridine rings is 1. The highest BCUT2D eigenvalue weighted by Crippen LogP contribution is 2.15. The molecule has 0 bridgehead atoms. The lowest BCUT2D eigenvalue weighted by molar-refractivity contribution is -0.121. The third-order valence-electron chi connectivity index (χ3n) is 4.40. The molecule has 1 aromatic carbocycles. The Morgan fingerprint density at radius 3 is 2.68 bits per heavy atom. The van der Waals surface area contributed by atoms with Gasteiger partial charge in [0.25, 0.3) is 0 Å². The summed E-state index contributed by atoms with van der Waals surface area (Å²) >= 11 is 0. The van der Waals surface area contributed by atoms with Crippen LogP contribution in [0.3, 0.4) is 0 Å². The van der Waals surface area contributed by atoms with E-state index in [1.54, 1.807) is 12.4 Å². The second-order valence-corrected chi connectivity index (χ2v) is 6.37. The third kappa shape index (κ3) is 5.64. The van der Waals surface area contributed by atoms with Gasteiger partial charge >= 0.3 is 0 Å². The lowest BCUT2D eigenvalue weighted by atomic mass is 10.2. The summed E-state index contributed by atoms with van der Waals surface area (Å²) in [5.41, 5.74) is 2.05. The third-order valence-corrected chi connectivity index (χ3v) is 4.40. The molecule has 0 atom stereocenters. The number of benzene rings is 1. The van der Waals surface area contributed by atoms with E-state index in [9.17, 15) is 4.79 Å². The minimum atomic E-state index is -0.00794. The highest BCUT2D eigenvalue weighted by molar-refractivity contribution is 5.76. The average molecular weight is 379 g/mol. The van der Waals surface area contributed by atoms with E-state index in [4.69, 9.17) is 4.52 Å². The largest absolute Gasteiger partial charge is 0.372 e. The summed E-state index contributed by atoms with van der Waals surface area (Å²) < 4.78 is 5.22. The van der Waals surface area contributed by atoms with Crippen molar-refractivity contribution in [3.05, 3.63) is 60.7 Å². The molecule has 0 spiro atoms. The Hall–Kier alpha value is -3.22. The van der Waals surface area contributed by atoms with Gasteiger partial charge in [-0.1, -0.05) is 23.4 Å². The first kappa shape index (κ1) is 19.5. The summed E-state index contributed by atoms with van der Waals surface area (Å²) in [4.78, 5) is 22.6. The second kappa shape index (κ2) is 10.2. The Balaban J connectivity index is 1.36. The number of carbonyl (C=O) groups excluding carboxylic acids is 1. The van der Waals surface area contributed by atoms with E-state index in [1.165, 1.54) is 5.69 Å². The number of anilines is 1. The number of nitrogens with one attached hydrogen (secondary N) is 1. The molecule has 0 aliphatic rings. The lowest BCUT2D eigenvalue weighted by Gasteiger charge is -2.23. The highest BCUT2D eigenvalue weighted by Gasteiger charge is 2.10. The molecule has 3 rings (SSSR count). The summed E-state index contributed by atoms with van der Waals surface area (Å²) in [6.45, 7) is 4.62. The number of aromatic nitrogens is 3. The molecule has 0 saturated heterocycles. The second-order valence-electron chi connectivity index (χ2n) is 6.37. The van der Waals surface area contributed by atoms with Crippen molar-refractivity contribution in [2.45, 2.75) is 26.2 Å². The smallest absolute Gasteiger partial charge is 0.227 e. The zero-order valence-corrected chi connectivity index (χ0v) is 16.0. The van der Waals surface area contributed by atoms with Crippen molar-refractivity contribution in [3.63, 3.8) is 0 Å². The van der Waals surface area contributed by atoms with E-state index in [0.29, 0.717) is 31.1 Å². The van der Waals surface area contributed by atoms with Crippen LogP contribution in [0.5, 0.6) is 0 Å². The van der Waals surface area contributed by atoms with Gasteiger partial charge < -0.3 is 14.7 Å². The van der Waals surface area contributed by atoms with Gasteiger partial charge in [-0.2, -0.15) is 4.98 Å². The Kier molecular flexibility index (Phi) is 7.12. The minimum absolute atomic E-state index is 0.00794. The molecular weight excluding hydrogens is 354 g/mol. The van der Waals surface area contributed by atoms with Gasteiger partial charge in [-0.3, -0.25) is 9.78 Å². The van der Waals surface area contributed by atoms with Crippen LogP contribution in [-0.4, -0.2) is 40.7 Å². The molecule has 2 aromatic heterocycles. The van der Waals surface area contributed by atoms with Crippen LogP contribution >= 0.6 is 0 Å². The van der Waals surface area contributed by atoms with Gasteiger partial charge in [0.05, 0.1) is 0 Å². The number of aryl methyl sites for hydroxylation is 1. The van der Waals surface area contributed by atoms with Crippen molar-refractivity contribution >= 4 is 11.6 Å². The molecule has 7 heteroatoms. The van der Waals surface area contributed by atoms with E-state index in [-0.39, 0.29) is 5.91 Å². The van der Waals surface area contributed by atoms with Gasteiger partial charge in [0.2, 0.25) is 17.6 Å². The summed E-state index contributed by atoms with van der Waals surface area (Å²) in [7, 11) is 0. The molecule has 0 saturated carbocycles. The molecular formula is C21H25N5O2. The van der Waals surface area contributed by atoms with Crippen molar-refractivity contribution in [2.75, 3.05) is 24.5 Å².